The van der Waals surface area contributed by atoms with Gasteiger partial charge in [0, 0.05) is 12.0 Å². The van der Waals surface area contributed by atoms with Crippen LogP contribution in [0.25, 0.3) is 11.1 Å². The van der Waals surface area contributed by atoms with Crippen molar-refractivity contribution in [2.45, 2.75) is 58.0 Å². The van der Waals surface area contributed by atoms with E-state index in [0.29, 0.717) is 12.8 Å². The minimum Gasteiger partial charge on any atom is -0.481 e. The minimum atomic E-state index is -0.980. The molecule has 176 valence electrons. The van der Waals surface area contributed by atoms with Crippen molar-refractivity contribution in [1.29, 1.82) is 0 Å². The number of alkyl carbamates (subject to hydrolysis) is 1. The third-order valence-electron chi connectivity index (χ3n) is 5.92. The topological polar surface area (TPSA) is 105 Å². The molecule has 2 atom stereocenters. The van der Waals surface area contributed by atoms with Crippen molar-refractivity contribution < 1.29 is 24.2 Å². The van der Waals surface area contributed by atoms with Gasteiger partial charge in [-0.3, -0.25) is 9.59 Å². The SMILES string of the molecule is CC[C@H](CC(=O)O)NC(=O)[C@@H](CC(C)C)NC(=O)OCC1c2ccccc2-c2ccccc21. The normalized spacial score (nSPS) is 14.2. The second-order valence-electron chi connectivity index (χ2n) is 8.86. The molecule has 7 nitrogen and oxygen atoms in total. The van der Waals surface area contributed by atoms with Gasteiger partial charge < -0.3 is 20.5 Å². The standard InChI is InChI=1S/C26H32N2O5/c1-4-17(14-24(29)30)27-25(31)23(13-16(2)3)28-26(32)33-15-22-20-11-7-5-9-18(20)19-10-6-8-12-21(19)22/h5-12,16-17,22-23H,4,13-15H2,1-3H3,(H,27,31)(H,28,32)(H,29,30)/t17-,23-/m1/s1. The Hall–Kier alpha value is -3.35. The largest absolute Gasteiger partial charge is 0.481 e. The number of fused-ring (bicyclic) bond motifs is 3. The molecule has 0 fully saturated rings. The molecule has 0 aliphatic heterocycles. The first-order valence-electron chi connectivity index (χ1n) is 11.4. The van der Waals surface area contributed by atoms with Crippen molar-refractivity contribution in [2.75, 3.05) is 6.61 Å². The Morgan fingerprint density at radius 1 is 0.970 bits per heavy atom. The Kier molecular flexibility index (Phi) is 8.09. The first-order valence-corrected chi connectivity index (χ1v) is 11.4. The van der Waals surface area contributed by atoms with Gasteiger partial charge in [-0.1, -0.05) is 69.3 Å². The van der Waals surface area contributed by atoms with Crippen LogP contribution in [0.5, 0.6) is 0 Å². The summed E-state index contributed by atoms with van der Waals surface area (Å²) >= 11 is 0. The number of ether oxygens (including phenoxy) is 1. The van der Waals surface area contributed by atoms with Crippen LogP contribution >= 0.6 is 0 Å². The highest BCUT2D eigenvalue weighted by atomic mass is 16.5. The monoisotopic (exact) mass is 452 g/mol. The zero-order valence-electron chi connectivity index (χ0n) is 19.3. The lowest BCUT2D eigenvalue weighted by atomic mass is 9.98. The second kappa shape index (κ2) is 11.0. The third kappa shape index (κ3) is 6.12. The van der Waals surface area contributed by atoms with E-state index in [1.54, 1.807) is 0 Å². The molecule has 33 heavy (non-hydrogen) atoms. The number of carbonyl (C=O) groups excluding carboxylic acids is 2. The quantitative estimate of drug-likeness (QED) is 0.498. The highest BCUT2D eigenvalue weighted by Gasteiger charge is 2.30. The highest BCUT2D eigenvalue weighted by molar-refractivity contribution is 5.86. The summed E-state index contributed by atoms with van der Waals surface area (Å²) in [4.78, 5) is 36.4. The lowest BCUT2D eigenvalue weighted by Gasteiger charge is -2.23. The zero-order chi connectivity index (χ0) is 24.0. The van der Waals surface area contributed by atoms with E-state index in [9.17, 15) is 14.4 Å². The number of carboxylic acids is 1. The molecule has 0 unspecified atom stereocenters. The molecule has 0 heterocycles. The summed E-state index contributed by atoms with van der Waals surface area (Å²) in [7, 11) is 0. The van der Waals surface area contributed by atoms with E-state index in [1.165, 1.54) is 0 Å². The summed E-state index contributed by atoms with van der Waals surface area (Å²) in [6, 6.07) is 14.9. The van der Waals surface area contributed by atoms with Crippen LogP contribution in [0.4, 0.5) is 4.79 Å². The predicted molar refractivity (Wildman–Crippen MR) is 126 cm³/mol. The van der Waals surface area contributed by atoms with Crippen LogP contribution in [0.1, 0.15) is 57.1 Å². The molecule has 2 aromatic rings. The van der Waals surface area contributed by atoms with Crippen molar-refractivity contribution in [3.63, 3.8) is 0 Å². The molecule has 3 rings (SSSR count). The van der Waals surface area contributed by atoms with Crippen molar-refractivity contribution in [3.05, 3.63) is 59.7 Å². The van der Waals surface area contributed by atoms with Gasteiger partial charge in [0.2, 0.25) is 5.91 Å². The number of nitrogens with one attached hydrogen (secondary N) is 2. The molecule has 0 aromatic heterocycles. The van der Waals surface area contributed by atoms with E-state index in [0.717, 1.165) is 22.3 Å². The third-order valence-corrected chi connectivity index (χ3v) is 5.92. The number of amides is 2. The molecular weight excluding hydrogens is 420 g/mol. The molecule has 0 spiro atoms. The number of carboxylic acid groups (broad SMARTS) is 1. The van der Waals surface area contributed by atoms with Crippen molar-refractivity contribution in [2.24, 2.45) is 5.92 Å². The Labute approximate surface area is 194 Å². The van der Waals surface area contributed by atoms with Crippen LogP contribution in [-0.4, -0.2) is 41.8 Å². The van der Waals surface area contributed by atoms with Gasteiger partial charge in [0.05, 0.1) is 6.42 Å². The first-order chi connectivity index (χ1) is 15.8. The van der Waals surface area contributed by atoms with Gasteiger partial charge in [-0.2, -0.15) is 0 Å². The van der Waals surface area contributed by atoms with Crippen molar-refractivity contribution >= 4 is 18.0 Å². The van der Waals surface area contributed by atoms with Gasteiger partial charge in [-0.05, 0) is 41.0 Å². The lowest BCUT2D eigenvalue weighted by Crippen LogP contribution is -2.50. The number of rotatable bonds is 10. The molecule has 0 bridgehead atoms. The summed E-state index contributed by atoms with van der Waals surface area (Å²) in [5.74, 6) is -1.30. The van der Waals surface area contributed by atoms with E-state index in [-0.39, 0.29) is 24.9 Å². The Morgan fingerprint density at radius 3 is 2.06 bits per heavy atom. The zero-order valence-corrected chi connectivity index (χ0v) is 19.3. The van der Waals surface area contributed by atoms with E-state index in [1.807, 2.05) is 57.2 Å². The van der Waals surface area contributed by atoms with Gasteiger partial charge in [0.1, 0.15) is 12.6 Å². The maximum Gasteiger partial charge on any atom is 0.407 e. The molecule has 1 aliphatic rings. The average molecular weight is 453 g/mol. The maximum absolute atomic E-state index is 12.8. The summed E-state index contributed by atoms with van der Waals surface area (Å²) in [5.41, 5.74) is 4.51. The molecule has 0 saturated heterocycles. The van der Waals surface area contributed by atoms with Gasteiger partial charge in [-0.15, -0.1) is 0 Å². The molecule has 3 N–H and O–H groups in total. The number of aliphatic carboxylic acids is 1. The van der Waals surface area contributed by atoms with E-state index < -0.39 is 30.1 Å². The number of hydrogen-bond acceptors (Lipinski definition) is 4. The fourth-order valence-corrected chi connectivity index (χ4v) is 4.30. The first kappa shape index (κ1) is 24.3. The minimum absolute atomic E-state index is 0.0689. The lowest BCUT2D eigenvalue weighted by molar-refractivity contribution is -0.137. The fraction of sp³-hybridized carbons (Fsp3) is 0.423. The summed E-state index contributed by atoms with van der Waals surface area (Å²) in [5, 5.41) is 14.5. The van der Waals surface area contributed by atoms with E-state index >= 15 is 0 Å². The summed E-state index contributed by atoms with van der Waals surface area (Å²) < 4.78 is 5.57. The van der Waals surface area contributed by atoms with Crippen LogP contribution in [0.2, 0.25) is 0 Å². The van der Waals surface area contributed by atoms with E-state index in [4.69, 9.17) is 9.84 Å². The molecule has 0 saturated carbocycles. The number of benzene rings is 2. The molecule has 0 radical (unpaired) electrons. The smallest absolute Gasteiger partial charge is 0.407 e. The van der Waals surface area contributed by atoms with Crippen molar-refractivity contribution in [3.8, 4) is 11.1 Å². The summed E-state index contributed by atoms with van der Waals surface area (Å²) in [6.07, 6.45) is 0.0716. The molecule has 7 heteroatoms. The van der Waals surface area contributed by atoms with Gasteiger partial charge in [0.15, 0.2) is 0 Å². The Morgan fingerprint density at radius 2 is 1.55 bits per heavy atom. The average Bonchev–Trinajstić information content (AvgIpc) is 3.10. The molecule has 2 aromatic carbocycles. The van der Waals surface area contributed by atoms with Crippen LogP contribution in [0, 0.1) is 5.92 Å². The number of carbonyl (C=O) groups is 3. The van der Waals surface area contributed by atoms with Crippen molar-refractivity contribution in [1.82, 2.24) is 10.6 Å². The Bertz CT molecular complexity index is 958. The highest BCUT2D eigenvalue weighted by Crippen LogP contribution is 2.44. The maximum atomic E-state index is 12.8. The molecular formula is C26H32N2O5. The molecule has 1 aliphatic carbocycles. The summed E-state index contributed by atoms with van der Waals surface area (Å²) in [6.45, 7) is 5.87. The predicted octanol–water partition coefficient (Wildman–Crippen LogP) is 4.31. The van der Waals surface area contributed by atoms with Crippen LogP contribution in [0.3, 0.4) is 0 Å². The van der Waals surface area contributed by atoms with Gasteiger partial charge >= 0.3 is 12.1 Å². The van der Waals surface area contributed by atoms with Crippen LogP contribution < -0.4 is 10.6 Å². The second-order valence-corrected chi connectivity index (χ2v) is 8.86. The van der Waals surface area contributed by atoms with Crippen LogP contribution in [0.15, 0.2) is 48.5 Å². The van der Waals surface area contributed by atoms with Gasteiger partial charge in [0.25, 0.3) is 0 Å². The Balaban J connectivity index is 1.65. The number of hydrogen-bond donors (Lipinski definition) is 3. The fourth-order valence-electron chi connectivity index (χ4n) is 4.30. The molecule has 2 amide bonds. The van der Waals surface area contributed by atoms with Gasteiger partial charge in [-0.25, -0.2) is 4.79 Å². The van der Waals surface area contributed by atoms with Crippen LogP contribution in [-0.2, 0) is 14.3 Å². The van der Waals surface area contributed by atoms with E-state index in [2.05, 4.69) is 22.8 Å².